The van der Waals surface area contributed by atoms with Gasteiger partial charge in [0.05, 0.1) is 16.6 Å². The van der Waals surface area contributed by atoms with Gasteiger partial charge in [-0.05, 0) is 59.9 Å². The highest BCUT2D eigenvalue weighted by Gasteiger charge is 2.17. The maximum atomic E-state index is 12.8. The number of benzene rings is 2. The first kappa shape index (κ1) is 22.7. The van der Waals surface area contributed by atoms with Crippen LogP contribution in [0.1, 0.15) is 43.1 Å². The Kier molecular flexibility index (Phi) is 6.62. The second kappa shape index (κ2) is 9.03. The number of carbonyl (C=O) groups excluding carboxylic acids is 1. The molecule has 0 fully saturated rings. The molecule has 0 unspecified atom stereocenters. The summed E-state index contributed by atoms with van der Waals surface area (Å²) >= 11 is 5.33. The number of phenolic OH excluding ortho intramolecular Hbond substituents is 1. The lowest BCUT2D eigenvalue weighted by Gasteiger charge is -2.20. The molecule has 1 heterocycles. The lowest BCUT2D eigenvalue weighted by molar-refractivity contribution is 0.102. The molecule has 0 aliphatic heterocycles. The Morgan fingerprint density at radius 3 is 2.65 bits per heavy atom. The zero-order chi connectivity index (χ0) is 22.8. The van der Waals surface area contributed by atoms with Gasteiger partial charge >= 0.3 is 0 Å². The number of fused-ring (bicyclic) bond motifs is 1. The summed E-state index contributed by atoms with van der Waals surface area (Å²) in [7, 11) is 1.61. The van der Waals surface area contributed by atoms with E-state index in [4.69, 9.17) is 17.0 Å². The molecule has 0 spiro atoms. The van der Waals surface area contributed by atoms with Gasteiger partial charge in [-0.15, -0.1) is 0 Å². The van der Waals surface area contributed by atoms with Crippen molar-refractivity contribution in [3.63, 3.8) is 0 Å². The number of H-pyrrole nitrogens is 1. The first-order valence-electron chi connectivity index (χ1n) is 10.0. The average molecular weight is 442 g/mol. The second-order valence-corrected chi connectivity index (χ2v) is 8.82. The summed E-state index contributed by atoms with van der Waals surface area (Å²) in [6.45, 7) is 7.14. The molecule has 1 amide bonds. The predicted octanol–water partition coefficient (Wildman–Crippen LogP) is 4.35. The molecule has 0 atom stereocenters. The quantitative estimate of drug-likeness (QED) is 0.300. The molecule has 0 saturated carbocycles. The normalized spacial score (nSPS) is 11.6. The van der Waals surface area contributed by atoms with Crippen LogP contribution in [-0.4, -0.2) is 34.3 Å². The van der Waals surface area contributed by atoms with E-state index in [0.717, 1.165) is 5.56 Å². The monoisotopic (exact) mass is 441 g/mol. The van der Waals surface area contributed by atoms with Gasteiger partial charge in [-0.3, -0.25) is 14.2 Å². The van der Waals surface area contributed by atoms with Crippen LogP contribution in [0.4, 0.5) is 5.69 Å². The molecule has 7 nitrogen and oxygen atoms in total. The number of aromatic amines is 1. The van der Waals surface area contributed by atoms with Crippen molar-refractivity contribution >= 4 is 34.7 Å². The summed E-state index contributed by atoms with van der Waals surface area (Å²) in [5.41, 5.74) is 1.80. The van der Waals surface area contributed by atoms with E-state index in [-0.39, 0.29) is 16.7 Å². The third kappa shape index (κ3) is 5.03. The lowest BCUT2D eigenvalue weighted by atomic mass is 9.87. The number of nitrogens with one attached hydrogen (secondary N) is 2. The van der Waals surface area contributed by atoms with Gasteiger partial charge in [-0.1, -0.05) is 26.8 Å². The summed E-state index contributed by atoms with van der Waals surface area (Å²) < 4.78 is 6.82. The first-order chi connectivity index (χ1) is 14.6. The number of aromatic hydroxyl groups is 1. The van der Waals surface area contributed by atoms with E-state index in [0.29, 0.717) is 46.5 Å². The number of hydrogen-bond donors (Lipinski definition) is 3. The topological polar surface area (TPSA) is 96.3 Å². The predicted molar refractivity (Wildman–Crippen MR) is 125 cm³/mol. The minimum absolute atomic E-state index is 0.0134. The molecule has 0 radical (unpaired) electrons. The van der Waals surface area contributed by atoms with Crippen molar-refractivity contribution in [2.24, 2.45) is 0 Å². The van der Waals surface area contributed by atoms with Gasteiger partial charge in [0, 0.05) is 25.8 Å². The van der Waals surface area contributed by atoms with Gasteiger partial charge < -0.3 is 20.1 Å². The Balaban J connectivity index is 1.92. The van der Waals surface area contributed by atoms with Crippen LogP contribution in [0, 0.1) is 4.77 Å². The number of ether oxygens (including phenoxy) is 1. The van der Waals surface area contributed by atoms with Crippen molar-refractivity contribution in [2.75, 3.05) is 19.0 Å². The number of rotatable bonds is 6. The smallest absolute Gasteiger partial charge is 0.262 e. The maximum absolute atomic E-state index is 12.8. The van der Waals surface area contributed by atoms with Gasteiger partial charge in [0.15, 0.2) is 4.77 Å². The fraction of sp³-hybridized carbons (Fsp3) is 0.348. The van der Waals surface area contributed by atoms with Gasteiger partial charge in [-0.2, -0.15) is 0 Å². The van der Waals surface area contributed by atoms with Crippen molar-refractivity contribution in [1.29, 1.82) is 0 Å². The number of hydrogen-bond acceptors (Lipinski definition) is 5. The summed E-state index contributed by atoms with van der Waals surface area (Å²) in [5, 5.41) is 13.4. The van der Waals surface area contributed by atoms with Crippen LogP contribution >= 0.6 is 12.2 Å². The fourth-order valence-corrected chi connectivity index (χ4v) is 3.55. The summed E-state index contributed by atoms with van der Waals surface area (Å²) in [4.78, 5) is 28.6. The molecular weight excluding hydrogens is 414 g/mol. The van der Waals surface area contributed by atoms with Crippen LogP contribution in [0.15, 0.2) is 41.2 Å². The van der Waals surface area contributed by atoms with Crippen molar-refractivity contribution in [3.8, 4) is 5.75 Å². The van der Waals surface area contributed by atoms with E-state index in [1.807, 2.05) is 6.07 Å². The molecule has 164 valence electrons. The van der Waals surface area contributed by atoms with Gasteiger partial charge in [0.25, 0.3) is 11.5 Å². The van der Waals surface area contributed by atoms with E-state index in [1.165, 1.54) is 4.57 Å². The fourth-order valence-electron chi connectivity index (χ4n) is 3.26. The first-order valence-corrected chi connectivity index (χ1v) is 10.4. The Labute approximate surface area is 185 Å². The SMILES string of the molecule is COCCCn1c(=S)[nH]c2cc(C(=O)Nc3cc(C(C)(C)C)ccc3O)ccc2c1=O. The Morgan fingerprint density at radius 2 is 1.97 bits per heavy atom. The molecule has 3 rings (SSSR count). The highest BCUT2D eigenvalue weighted by atomic mass is 32.1. The minimum atomic E-state index is -0.396. The van der Waals surface area contributed by atoms with Crippen LogP contribution in [0.2, 0.25) is 0 Å². The van der Waals surface area contributed by atoms with E-state index in [1.54, 1.807) is 37.4 Å². The van der Waals surface area contributed by atoms with Crippen molar-refractivity contribution in [2.45, 2.75) is 39.2 Å². The van der Waals surface area contributed by atoms with Crippen molar-refractivity contribution in [3.05, 3.63) is 62.6 Å². The Morgan fingerprint density at radius 1 is 1.23 bits per heavy atom. The van der Waals surface area contributed by atoms with E-state index in [2.05, 4.69) is 31.1 Å². The Hall–Kier alpha value is -2.97. The summed E-state index contributed by atoms with van der Waals surface area (Å²) in [6.07, 6.45) is 0.664. The third-order valence-electron chi connectivity index (χ3n) is 5.09. The molecule has 31 heavy (non-hydrogen) atoms. The van der Waals surface area contributed by atoms with E-state index >= 15 is 0 Å². The largest absolute Gasteiger partial charge is 0.506 e. The highest BCUT2D eigenvalue weighted by molar-refractivity contribution is 7.71. The molecule has 8 heteroatoms. The van der Waals surface area contributed by atoms with Crippen LogP contribution in [0.3, 0.4) is 0 Å². The lowest BCUT2D eigenvalue weighted by Crippen LogP contribution is -2.23. The zero-order valence-electron chi connectivity index (χ0n) is 18.1. The number of anilines is 1. The minimum Gasteiger partial charge on any atom is -0.506 e. The molecular formula is C23H27N3O4S. The van der Waals surface area contributed by atoms with Crippen molar-refractivity contribution in [1.82, 2.24) is 9.55 Å². The second-order valence-electron chi connectivity index (χ2n) is 8.43. The third-order valence-corrected chi connectivity index (χ3v) is 5.41. The summed E-state index contributed by atoms with van der Waals surface area (Å²) in [5.74, 6) is -0.410. The van der Waals surface area contributed by atoms with Crippen LogP contribution in [0.25, 0.3) is 10.9 Å². The van der Waals surface area contributed by atoms with Gasteiger partial charge in [0.1, 0.15) is 5.75 Å². The molecule has 3 N–H and O–H groups in total. The maximum Gasteiger partial charge on any atom is 0.262 e. The Bertz CT molecular complexity index is 1240. The molecule has 0 aliphatic carbocycles. The van der Waals surface area contributed by atoms with Gasteiger partial charge in [-0.25, -0.2) is 0 Å². The number of amides is 1. The van der Waals surface area contributed by atoms with Crippen LogP contribution < -0.4 is 10.9 Å². The molecule has 0 saturated heterocycles. The molecule has 0 bridgehead atoms. The van der Waals surface area contributed by atoms with E-state index in [9.17, 15) is 14.7 Å². The number of nitrogens with zero attached hydrogens (tertiary/aromatic N) is 1. The van der Waals surface area contributed by atoms with Crippen LogP contribution in [-0.2, 0) is 16.7 Å². The average Bonchev–Trinajstić information content (AvgIpc) is 2.70. The standard InChI is InChI=1S/C23H27N3O4S/c1-23(2,3)15-7-9-19(27)18(13-15)24-20(28)14-6-8-16-17(12-14)25-22(31)26(21(16)29)10-5-11-30-4/h6-9,12-13,27H,5,10-11H2,1-4H3,(H,24,28)(H,25,31). The highest BCUT2D eigenvalue weighted by Crippen LogP contribution is 2.31. The van der Waals surface area contributed by atoms with Crippen molar-refractivity contribution < 1.29 is 14.6 Å². The molecule has 0 aliphatic rings. The number of phenols is 1. The van der Waals surface area contributed by atoms with Crippen LogP contribution in [0.5, 0.6) is 5.75 Å². The molecule has 3 aromatic rings. The number of aromatic nitrogens is 2. The zero-order valence-corrected chi connectivity index (χ0v) is 18.9. The summed E-state index contributed by atoms with van der Waals surface area (Å²) in [6, 6.07) is 9.95. The number of carbonyl (C=O) groups is 1. The molecule has 2 aromatic carbocycles. The van der Waals surface area contributed by atoms with E-state index < -0.39 is 5.91 Å². The van der Waals surface area contributed by atoms with Gasteiger partial charge in [0.2, 0.25) is 0 Å². The molecule has 1 aromatic heterocycles. The number of methoxy groups -OCH3 is 1.